The predicted molar refractivity (Wildman–Crippen MR) is 85.6 cm³/mol. The third kappa shape index (κ3) is 3.56. The van der Waals surface area contributed by atoms with Crippen LogP contribution >= 0.6 is 27.5 Å². The minimum absolute atomic E-state index is 0.0146. The molecule has 112 valence electrons. The van der Waals surface area contributed by atoms with Crippen molar-refractivity contribution in [1.82, 2.24) is 4.72 Å². The molecule has 0 aromatic heterocycles. The van der Waals surface area contributed by atoms with E-state index in [1.807, 2.05) is 6.92 Å². The quantitative estimate of drug-likeness (QED) is 0.851. The molecular formula is C14H19BrClNO2S. The standard InChI is InChI=1S/C14H19BrClNO2S/c1-9-5-3-4-6-13(9)17-20(18,19)14-8-12(16)10(2)7-11(14)15/h7-9,13,17H,3-6H2,1-2H3/t9-,13-/m1/s1. The van der Waals surface area contributed by atoms with E-state index in [1.54, 1.807) is 6.07 Å². The maximum Gasteiger partial charge on any atom is 0.242 e. The van der Waals surface area contributed by atoms with E-state index in [4.69, 9.17) is 11.6 Å². The van der Waals surface area contributed by atoms with Gasteiger partial charge in [0.1, 0.15) is 0 Å². The minimum Gasteiger partial charge on any atom is -0.208 e. The molecule has 0 bridgehead atoms. The van der Waals surface area contributed by atoms with Crippen LogP contribution in [0.25, 0.3) is 0 Å². The van der Waals surface area contributed by atoms with Crippen molar-refractivity contribution in [2.75, 3.05) is 0 Å². The zero-order valence-electron chi connectivity index (χ0n) is 11.6. The van der Waals surface area contributed by atoms with Crippen LogP contribution in [-0.4, -0.2) is 14.5 Å². The second-order valence-electron chi connectivity index (χ2n) is 5.52. The van der Waals surface area contributed by atoms with Crippen LogP contribution < -0.4 is 4.72 Å². The fourth-order valence-electron chi connectivity index (χ4n) is 2.59. The molecule has 1 fully saturated rings. The zero-order chi connectivity index (χ0) is 14.9. The van der Waals surface area contributed by atoms with Crippen LogP contribution in [0.3, 0.4) is 0 Å². The highest BCUT2D eigenvalue weighted by atomic mass is 79.9. The molecule has 2 rings (SSSR count). The Morgan fingerprint density at radius 2 is 1.95 bits per heavy atom. The van der Waals surface area contributed by atoms with Crippen molar-refractivity contribution in [3.05, 3.63) is 27.2 Å². The summed E-state index contributed by atoms with van der Waals surface area (Å²) in [4.78, 5) is 0.214. The predicted octanol–water partition coefficient (Wildman–Crippen LogP) is 4.27. The van der Waals surface area contributed by atoms with Crippen molar-refractivity contribution < 1.29 is 8.42 Å². The SMILES string of the molecule is Cc1cc(Br)c(S(=O)(=O)N[C@@H]2CCCC[C@H]2C)cc1Cl. The number of rotatable bonds is 3. The Hall–Kier alpha value is -0.100. The molecule has 1 aromatic rings. The van der Waals surface area contributed by atoms with Gasteiger partial charge < -0.3 is 0 Å². The van der Waals surface area contributed by atoms with Gasteiger partial charge in [-0.25, -0.2) is 13.1 Å². The number of halogens is 2. The molecular weight excluding hydrogens is 362 g/mol. The smallest absolute Gasteiger partial charge is 0.208 e. The van der Waals surface area contributed by atoms with Crippen molar-refractivity contribution in [3.63, 3.8) is 0 Å². The van der Waals surface area contributed by atoms with E-state index in [0.717, 1.165) is 24.8 Å². The van der Waals surface area contributed by atoms with Gasteiger partial charge in [0.05, 0.1) is 4.90 Å². The van der Waals surface area contributed by atoms with Crippen molar-refractivity contribution in [2.24, 2.45) is 5.92 Å². The molecule has 0 saturated heterocycles. The van der Waals surface area contributed by atoms with Gasteiger partial charge in [-0.2, -0.15) is 0 Å². The van der Waals surface area contributed by atoms with Crippen LogP contribution in [0, 0.1) is 12.8 Å². The molecule has 0 unspecified atom stereocenters. The molecule has 20 heavy (non-hydrogen) atoms. The highest BCUT2D eigenvalue weighted by Gasteiger charge is 2.28. The van der Waals surface area contributed by atoms with E-state index in [0.29, 0.717) is 15.4 Å². The molecule has 0 spiro atoms. The number of benzene rings is 1. The maximum atomic E-state index is 12.5. The summed E-state index contributed by atoms with van der Waals surface area (Å²) < 4.78 is 28.4. The topological polar surface area (TPSA) is 46.2 Å². The number of hydrogen-bond acceptors (Lipinski definition) is 2. The van der Waals surface area contributed by atoms with Crippen molar-refractivity contribution in [1.29, 1.82) is 0 Å². The Bertz CT molecular complexity index is 603. The van der Waals surface area contributed by atoms with Gasteiger partial charge in [-0.15, -0.1) is 0 Å². The highest BCUT2D eigenvalue weighted by molar-refractivity contribution is 9.10. The van der Waals surface area contributed by atoms with Gasteiger partial charge in [-0.1, -0.05) is 31.4 Å². The Balaban J connectivity index is 2.28. The average molecular weight is 381 g/mol. The van der Waals surface area contributed by atoms with Gasteiger partial charge in [0, 0.05) is 15.5 Å². The highest BCUT2D eigenvalue weighted by Crippen LogP contribution is 2.30. The average Bonchev–Trinajstić information content (AvgIpc) is 2.36. The first-order valence-corrected chi connectivity index (χ1v) is 9.44. The summed E-state index contributed by atoms with van der Waals surface area (Å²) in [6.07, 6.45) is 4.23. The second kappa shape index (κ2) is 6.34. The van der Waals surface area contributed by atoms with Crippen LogP contribution in [0.2, 0.25) is 5.02 Å². The molecule has 0 radical (unpaired) electrons. The summed E-state index contributed by atoms with van der Waals surface area (Å²) in [7, 11) is -3.54. The van der Waals surface area contributed by atoms with E-state index < -0.39 is 10.0 Å². The normalized spacial score (nSPS) is 23.8. The molecule has 3 nitrogen and oxygen atoms in total. The van der Waals surface area contributed by atoms with E-state index in [2.05, 4.69) is 27.6 Å². The summed E-state index contributed by atoms with van der Waals surface area (Å²) in [5, 5.41) is 0.463. The lowest BCUT2D eigenvalue weighted by Crippen LogP contribution is -2.41. The van der Waals surface area contributed by atoms with Crippen LogP contribution in [0.15, 0.2) is 21.5 Å². The van der Waals surface area contributed by atoms with Crippen molar-refractivity contribution >= 4 is 37.6 Å². The lowest BCUT2D eigenvalue weighted by molar-refractivity contribution is 0.310. The number of nitrogens with one attached hydrogen (secondary N) is 1. The molecule has 0 heterocycles. The van der Waals surface area contributed by atoms with Crippen LogP contribution in [0.5, 0.6) is 0 Å². The van der Waals surface area contributed by atoms with E-state index in [9.17, 15) is 8.42 Å². The Morgan fingerprint density at radius 3 is 2.60 bits per heavy atom. The largest absolute Gasteiger partial charge is 0.242 e. The Kier molecular flexibility index (Phi) is 5.16. The van der Waals surface area contributed by atoms with Gasteiger partial charge in [0.25, 0.3) is 0 Å². The van der Waals surface area contributed by atoms with Gasteiger partial charge in [0.15, 0.2) is 0 Å². The monoisotopic (exact) mass is 379 g/mol. The first-order chi connectivity index (χ1) is 9.31. The summed E-state index contributed by atoms with van der Waals surface area (Å²) in [5.74, 6) is 0.373. The molecule has 1 saturated carbocycles. The molecule has 0 amide bonds. The van der Waals surface area contributed by atoms with Crippen LogP contribution in [0.1, 0.15) is 38.2 Å². The van der Waals surface area contributed by atoms with Gasteiger partial charge in [0.2, 0.25) is 10.0 Å². The lowest BCUT2D eigenvalue weighted by atomic mass is 9.87. The fourth-order valence-corrected chi connectivity index (χ4v) is 5.38. The van der Waals surface area contributed by atoms with Gasteiger partial charge in [-0.05, 0) is 59.3 Å². The number of hydrogen-bond donors (Lipinski definition) is 1. The molecule has 0 aliphatic heterocycles. The fraction of sp³-hybridized carbons (Fsp3) is 0.571. The summed E-state index contributed by atoms with van der Waals surface area (Å²) >= 11 is 9.37. The molecule has 2 atom stereocenters. The molecule has 6 heteroatoms. The van der Waals surface area contributed by atoms with Crippen molar-refractivity contribution in [2.45, 2.75) is 50.5 Å². The zero-order valence-corrected chi connectivity index (χ0v) is 14.8. The first kappa shape index (κ1) is 16.3. The van der Waals surface area contributed by atoms with E-state index in [1.165, 1.54) is 12.5 Å². The van der Waals surface area contributed by atoms with Crippen molar-refractivity contribution in [3.8, 4) is 0 Å². The number of sulfonamides is 1. The maximum absolute atomic E-state index is 12.5. The van der Waals surface area contributed by atoms with E-state index >= 15 is 0 Å². The Morgan fingerprint density at radius 1 is 1.30 bits per heavy atom. The molecule has 1 aromatic carbocycles. The molecule has 1 N–H and O–H groups in total. The third-order valence-electron chi connectivity index (χ3n) is 3.92. The van der Waals surface area contributed by atoms with Gasteiger partial charge in [-0.3, -0.25) is 0 Å². The Labute approximate surface area is 134 Å². The van der Waals surface area contributed by atoms with Crippen LogP contribution in [-0.2, 0) is 10.0 Å². The van der Waals surface area contributed by atoms with Crippen LogP contribution in [0.4, 0.5) is 0 Å². The second-order valence-corrected chi connectivity index (χ2v) is 8.47. The summed E-state index contributed by atoms with van der Waals surface area (Å²) in [6.45, 7) is 3.95. The summed E-state index contributed by atoms with van der Waals surface area (Å²) in [5.41, 5.74) is 0.850. The van der Waals surface area contributed by atoms with Gasteiger partial charge >= 0.3 is 0 Å². The summed E-state index contributed by atoms with van der Waals surface area (Å²) in [6, 6.07) is 3.26. The minimum atomic E-state index is -3.54. The third-order valence-corrected chi connectivity index (χ3v) is 6.78. The molecule has 1 aliphatic carbocycles. The number of aryl methyl sites for hydroxylation is 1. The lowest BCUT2D eigenvalue weighted by Gasteiger charge is -2.29. The first-order valence-electron chi connectivity index (χ1n) is 6.79. The molecule has 1 aliphatic rings. The van der Waals surface area contributed by atoms with E-state index in [-0.39, 0.29) is 10.9 Å².